The molecule has 0 aromatic heterocycles. The van der Waals surface area contributed by atoms with E-state index in [1.165, 1.54) is 6.07 Å². The molecule has 15 heavy (non-hydrogen) atoms. The zero-order valence-corrected chi connectivity index (χ0v) is 8.47. The molecule has 1 aliphatic heterocycles. The third-order valence-corrected chi connectivity index (χ3v) is 3.92. The van der Waals surface area contributed by atoms with Crippen LogP contribution in [0.1, 0.15) is 6.42 Å². The predicted octanol–water partition coefficient (Wildman–Crippen LogP) is 0.942. The van der Waals surface area contributed by atoms with Gasteiger partial charge >= 0.3 is 0 Å². The maximum atomic E-state index is 12.9. The highest BCUT2D eigenvalue weighted by Gasteiger charge is 2.25. The van der Waals surface area contributed by atoms with E-state index < -0.39 is 21.6 Å². The number of nitrogens with one attached hydrogen (secondary N) is 1. The number of halogens is 1. The van der Waals surface area contributed by atoms with E-state index in [0.717, 1.165) is 12.1 Å². The Balaban J connectivity index is 2.66. The third kappa shape index (κ3) is 1.85. The first kappa shape index (κ1) is 10.1. The molecule has 0 unspecified atom stereocenters. The molecule has 1 amide bonds. The van der Waals surface area contributed by atoms with Crippen LogP contribution < -0.4 is 5.32 Å². The Kier molecular flexibility index (Phi) is 2.22. The van der Waals surface area contributed by atoms with E-state index >= 15 is 0 Å². The number of fused-ring (bicyclic) bond motifs is 1. The number of amides is 1. The number of anilines is 1. The molecule has 2 rings (SSSR count). The third-order valence-electron chi connectivity index (χ3n) is 2.15. The molecule has 0 spiro atoms. The van der Waals surface area contributed by atoms with E-state index in [1.54, 1.807) is 0 Å². The minimum atomic E-state index is -3.48. The van der Waals surface area contributed by atoms with Crippen LogP contribution >= 0.6 is 0 Å². The first-order valence-electron chi connectivity index (χ1n) is 4.31. The van der Waals surface area contributed by atoms with E-state index in [2.05, 4.69) is 5.32 Å². The lowest BCUT2D eigenvalue weighted by molar-refractivity contribution is -0.115. The summed E-state index contributed by atoms with van der Waals surface area (Å²) in [4.78, 5) is 11.1. The summed E-state index contributed by atoms with van der Waals surface area (Å²) in [6.07, 6.45) is -0.0986. The number of benzene rings is 1. The summed E-state index contributed by atoms with van der Waals surface area (Å²) >= 11 is 0. The molecule has 80 valence electrons. The quantitative estimate of drug-likeness (QED) is 0.673. The highest BCUT2D eigenvalue weighted by Crippen LogP contribution is 2.26. The lowest BCUT2D eigenvalue weighted by atomic mass is 10.3. The second-order valence-electron chi connectivity index (χ2n) is 3.26. The zero-order valence-electron chi connectivity index (χ0n) is 7.66. The average Bonchev–Trinajstić information content (AvgIpc) is 2.24. The van der Waals surface area contributed by atoms with Crippen molar-refractivity contribution in [1.29, 1.82) is 0 Å². The van der Waals surface area contributed by atoms with Crippen molar-refractivity contribution in [2.45, 2.75) is 11.3 Å². The van der Waals surface area contributed by atoms with Gasteiger partial charge in [-0.3, -0.25) is 4.79 Å². The van der Waals surface area contributed by atoms with Gasteiger partial charge in [0.1, 0.15) is 5.82 Å². The number of carbonyl (C=O) groups is 1. The van der Waals surface area contributed by atoms with Crippen molar-refractivity contribution in [3.63, 3.8) is 0 Å². The molecule has 1 aromatic rings. The maximum Gasteiger partial charge on any atom is 0.225 e. The Morgan fingerprint density at radius 3 is 2.80 bits per heavy atom. The van der Waals surface area contributed by atoms with Crippen molar-refractivity contribution < 1.29 is 17.6 Å². The molecule has 4 nitrogen and oxygen atoms in total. The normalized spacial score (nSPS) is 18.9. The number of hydrogen-bond donors (Lipinski definition) is 1. The van der Waals surface area contributed by atoms with Gasteiger partial charge in [-0.25, -0.2) is 12.8 Å². The van der Waals surface area contributed by atoms with Gasteiger partial charge in [0.2, 0.25) is 5.91 Å². The van der Waals surface area contributed by atoms with Crippen molar-refractivity contribution in [2.75, 3.05) is 11.1 Å². The summed E-state index contributed by atoms with van der Waals surface area (Å²) in [5.74, 6) is -1.23. The standard InChI is InChI=1S/C9H8FNO3S/c10-6-1-2-8-7(5-6)11-9(12)3-4-15(8,13)14/h1-2,5H,3-4H2,(H,11,12). The molecular weight excluding hydrogens is 221 g/mol. The van der Waals surface area contributed by atoms with E-state index in [4.69, 9.17) is 0 Å². The molecule has 0 aliphatic carbocycles. The van der Waals surface area contributed by atoms with Crippen LogP contribution in [-0.4, -0.2) is 20.1 Å². The molecule has 0 atom stereocenters. The largest absolute Gasteiger partial charge is 0.325 e. The molecule has 6 heteroatoms. The van der Waals surface area contributed by atoms with E-state index in [9.17, 15) is 17.6 Å². The van der Waals surface area contributed by atoms with Crippen molar-refractivity contribution in [3.8, 4) is 0 Å². The number of carbonyl (C=O) groups excluding carboxylic acids is 1. The van der Waals surface area contributed by atoms with Crippen molar-refractivity contribution in [1.82, 2.24) is 0 Å². The second kappa shape index (κ2) is 3.30. The van der Waals surface area contributed by atoms with Crippen LogP contribution in [0.25, 0.3) is 0 Å². The van der Waals surface area contributed by atoms with E-state index in [-0.39, 0.29) is 22.8 Å². The summed E-state index contributed by atoms with van der Waals surface area (Å²) in [6.45, 7) is 0. The van der Waals surface area contributed by atoms with Crippen molar-refractivity contribution in [3.05, 3.63) is 24.0 Å². The summed E-state index contributed by atoms with van der Waals surface area (Å²) in [7, 11) is -3.48. The predicted molar refractivity (Wildman–Crippen MR) is 51.7 cm³/mol. The molecule has 0 saturated carbocycles. The number of hydrogen-bond acceptors (Lipinski definition) is 3. The topological polar surface area (TPSA) is 63.2 Å². The molecule has 1 aliphatic rings. The molecular formula is C9H8FNO3S. The fraction of sp³-hybridized carbons (Fsp3) is 0.222. The molecule has 1 heterocycles. The Labute approximate surface area is 86.0 Å². The first-order chi connectivity index (χ1) is 6.99. The second-order valence-corrected chi connectivity index (χ2v) is 5.34. The molecule has 0 radical (unpaired) electrons. The van der Waals surface area contributed by atoms with Crippen LogP contribution in [0.15, 0.2) is 23.1 Å². The average molecular weight is 229 g/mol. The molecule has 1 aromatic carbocycles. The van der Waals surface area contributed by atoms with Crippen LogP contribution in [0.4, 0.5) is 10.1 Å². The van der Waals surface area contributed by atoms with Crippen molar-refractivity contribution in [2.24, 2.45) is 0 Å². The summed E-state index contributed by atoms with van der Waals surface area (Å²) in [6, 6.07) is 3.25. The minimum Gasteiger partial charge on any atom is -0.325 e. The summed E-state index contributed by atoms with van der Waals surface area (Å²) < 4.78 is 36.1. The summed E-state index contributed by atoms with van der Waals surface area (Å²) in [5.41, 5.74) is 0.0255. The van der Waals surface area contributed by atoms with Gasteiger partial charge in [0.15, 0.2) is 9.84 Å². The first-order valence-corrected chi connectivity index (χ1v) is 5.96. The van der Waals surface area contributed by atoms with Crippen LogP contribution in [0.5, 0.6) is 0 Å². The van der Waals surface area contributed by atoms with E-state index in [0.29, 0.717) is 0 Å². The van der Waals surface area contributed by atoms with Gasteiger partial charge in [0.05, 0.1) is 16.3 Å². The van der Waals surface area contributed by atoms with Crippen LogP contribution in [0, 0.1) is 5.82 Å². The number of sulfone groups is 1. The smallest absolute Gasteiger partial charge is 0.225 e. The van der Waals surface area contributed by atoms with E-state index in [1.807, 2.05) is 0 Å². The fourth-order valence-electron chi connectivity index (χ4n) is 1.42. The highest BCUT2D eigenvalue weighted by molar-refractivity contribution is 7.91. The van der Waals surface area contributed by atoms with Gasteiger partial charge < -0.3 is 5.32 Å². The Hall–Kier alpha value is -1.43. The monoisotopic (exact) mass is 229 g/mol. The van der Waals surface area contributed by atoms with Gasteiger partial charge in [-0.15, -0.1) is 0 Å². The van der Waals surface area contributed by atoms with Gasteiger partial charge in [0, 0.05) is 6.42 Å². The van der Waals surface area contributed by atoms with Crippen LogP contribution in [0.3, 0.4) is 0 Å². The zero-order chi connectivity index (χ0) is 11.1. The van der Waals surface area contributed by atoms with Gasteiger partial charge in [-0.2, -0.15) is 0 Å². The lowest BCUT2D eigenvalue weighted by Crippen LogP contribution is -2.11. The van der Waals surface area contributed by atoms with Gasteiger partial charge in [0.25, 0.3) is 0 Å². The molecule has 0 bridgehead atoms. The number of rotatable bonds is 0. The van der Waals surface area contributed by atoms with Gasteiger partial charge in [-0.1, -0.05) is 0 Å². The maximum absolute atomic E-state index is 12.9. The molecule has 0 fully saturated rings. The molecule has 1 N–H and O–H groups in total. The lowest BCUT2D eigenvalue weighted by Gasteiger charge is -2.05. The minimum absolute atomic E-state index is 0.0187. The van der Waals surface area contributed by atoms with Crippen molar-refractivity contribution >= 4 is 21.4 Å². The highest BCUT2D eigenvalue weighted by atomic mass is 32.2. The molecule has 0 saturated heterocycles. The summed E-state index contributed by atoms with van der Waals surface area (Å²) in [5, 5.41) is 2.36. The van der Waals surface area contributed by atoms with Crippen LogP contribution in [-0.2, 0) is 14.6 Å². The Morgan fingerprint density at radius 2 is 2.07 bits per heavy atom. The fourth-order valence-corrected chi connectivity index (χ4v) is 2.82. The van der Waals surface area contributed by atoms with Crippen LogP contribution in [0.2, 0.25) is 0 Å². The van der Waals surface area contributed by atoms with Gasteiger partial charge in [-0.05, 0) is 18.2 Å². The Bertz CT molecular complexity index is 524. The SMILES string of the molecule is O=C1CCS(=O)(=O)c2ccc(F)cc2N1. The Morgan fingerprint density at radius 1 is 1.33 bits per heavy atom.